The molecule has 0 rings (SSSR count). The number of hydrogen-bond acceptors (Lipinski definition) is 3. The summed E-state index contributed by atoms with van der Waals surface area (Å²) in [6.07, 6.45) is 3.57. The topological polar surface area (TPSA) is 80.4 Å². The highest BCUT2D eigenvalue weighted by molar-refractivity contribution is 6.32. The van der Waals surface area contributed by atoms with Gasteiger partial charge in [-0.25, -0.2) is 4.79 Å². The van der Waals surface area contributed by atoms with Crippen LogP contribution in [-0.4, -0.2) is 22.9 Å². The van der Waals surface area contributed by atoms with E-state index in [1.54, 1.807) is 0 Å². The van der Waals surface area contributed by atoms with E-state index in [0.29, 0.717) is 6.42 Å². The third kappa shape index (κ3) is 7.46. The van der Waals surface area contributed by atoms with E-state index < -0.39 is 11.8 Å². The van der Waals surface area contributed by atoms with Crippen molar-refractivity contribution < 1.29 is 14.7 Å². The zero-order chi connectivity index (χ0) is 10.3. The lowest BCUT2D eigenvalue weighted by Gasteiger charge is -2.02. The van der Waals surface area contributed by atoms with Crippen LogP contribution >= 0.6 is 0 Å². The van der Waals surface area contributed by atoms with Gasteiger partial charge in [-0.1, -0.05) is 12.8 Å². The van der Waals surface area contributed by atoms with E-state index in [1.807, 2.05) is 6.92 Å². The second-order valence-electron chi connectivity index (χ2n) is 3.30. The largest absolute Gasteiger partial charge is 0.476 e. The van der Waals surface area contributed by atoms with Gasteiger partial charge in [0.1, 0.15) is 0 Å². The van der Waals surface area contributed by atoms with E-state index in [-0.39, 0.29) is 12.5 Å². The van der Waals surface area contributed by atoms with E-state index in [2.05, 4.69) is 0 Å². The molecule has 0 saturated heterocycles. The average molecular weight is 187 g/mol. The van der Waals surface area contributed by atoms with Crippen LogP contribution in [0.4, 0.5) is 0 Å². The van der Waals surface area contributed by atoms with Crippen LogP contribution in [0.15, 0.2) is 0 Å². The first kappa shape index (κ1) is 12.1. The number of ketones is 1. The van der Waals surface area contributed by atoms with Crippen LogP contribution in [0.1, 0.15) is 39.0 Å². The molecule has 0 bridgehead atoms. The molecule has 0 aliphatic heterocycles. The first-order valence-corrected chi connectivity index (χ1v) is 4.55. The molecule has 0 spiro atoms. The summed E-state index contributed by atoms with van der Waals surface area (Å²) in [7, 11) is 0. The third-order valence-electron chi connectivity index (χ3n) is 1.80. The normalized spacial score (nSPS) is 12.5. The molecule has 1 unspecified atom stereocenters. The van der Waals surface area contributed by atoms with Gasteiger partial charge >= 0.3 is 5.97 Å². The fourth-order valence-corrected chi connectivity index (χ4v) is 1.04. The van der Waals surface area contributed by atoms with Crippen molar-refractivity contribution in [3.63, 3.8) is 0 Å². The zero-order valence-corrected chi connectivity index (χ0v) is 7.95. The average Bonchev–Trinajstić information content (AvgIpc) is 2.02. The predicted octanol–water partition coefficient (Wildman–Crippen LogP) is 0.938. The Hall–Kier alpha value is -0.900. The standard InChI is InChI=1S/C9H17NO3/c1-7(10)5-3-2-4-6-8(11)9(12)13/h7H,2-6,10H2,1H3,(H,12,13). The summed E-state index contributed by atoms with van der Waals surface area (Å²) in [6, 6.07) is 0.190. The van der Waals surface area contributed by atoms with Crippen molar-refractivity contribution in [3.8, 4) is 0 Å². The van der Waals surface area contributed by atoms with Gasteiger partial charge in [-0.2, -0.15) is 0 Å². The number of Topliss-reactive ketones (excluding diaryl/α,β-unsaturated/α-hetero) is 1. The second-order valence-corrected chi connectivity index (χ2v) is 3.30. The first-order valence-electron chi connectivity index (χ1n) is 4.55. The molecule has 76 valence electrons. The maximum absolute atomic E-state index is 10.6. The van der Waals surface area contributed by atoms with Crippen LogP contribution in [0.3, 0.4) is 0 Å². The molecular weight excluding hydrogens is 170 g/mol. The van der Waals surface area contributed by atoms with Crippen LogP contribution in [0.2, 0.25) is 0 Å². The quantitative estimate of drug-likeness (QED) is 0.459. The number of unbranched alkanes of at least 4 members (excludes halogenated alkanes) is 2. The zero-order valence-electron chi connectivity index (χ0n) is 7.95. The van der Waals surface area contributed by atoms with Crippen LogP contribution in [0.5, 0.6) is 0 Å². The lowest BCUT2D eigenvalue weighted by atomic mass is 10.1. The second kappa shape index (κ2) is 6.60. The molecule has 0 aromatic rings. The summed E-state index contributed by atoms with van der Waals surface area (Å²) in [5, 5.41) is 8.26. The van der Waals surface area contributed by atoms with Gasteiger partial charge in [0.15, 0.2) is 0 Å². The van der Waals surface area contributed by atoms with E-state index in [4.69, 9.17) is 10.8 Å². The number of carbonyl (C=O) groups is 2. The van der Waals surface area contributed by atoms with Gasteiger partial charge in [-0.15, -0.1) is 0 Å². The maximum Gasteiger partial charge on any atom is 0.372 e. The lowest BCUT2D eigenvalue weighted by molar-refractivity contribution is -0.149. The van der Waals surface area contributed by atoms with Crippen LogP contribution in [0.25, 0.3) is 0 Å². The minimum atomic E-state index is -1.33. The molecule has 3 N–H and O–H groups in total. The number of nitrogens with two attached hydrogens (primary N) is 1. The van der Waals surface area contributed by atoms with Crippen molar-refractivity contribution in [3.05, 3.63) is 0 Å². The van der Waals surface area contributed by atoms with Gasteiger partial charge in [-0.3, -0.25) is 4.79 Å². The Bertz CT molecular complexity index is 178. The number of carbonyl (C=O) groups excluding carboxylic acids is 1. The molecule has 0 aromatic carbocycles. The van der Waals surface area contributed by atoms with E-state index >= 15 is 0 Å². The van der Waals surface area contributed by atoms with Crippen molar-refractivity contribution in [2.24, 2.45) is 5.73 Å². The summed E-state index contributed by atoms with van der Waals surface area (Å²) in [6.45, 7) is 1.93. The molecule has 0 aliphatic rings. The van der Waals surface area contributed by atoms with E-state index in [1.165, 1.54) is 0 Å². The molecule has 1 atom stereocenters. The SMILES string of the molecule is CC(N)CCCCCC(=O)C(=O)O. The Morgan fingerprint density at radius 3 is 2.38 bits per heavy atom. The summed E-state index contributed by atoms with van der Waals surface area (Å²) >= 11 is 0. The number of aliphatic carboxylic acids is 1. The highest BCUT2D eigenvalue weighted by Crippen LogP contribution is 2.04. The smallest absolute Gasteiger partial charge is 0.372 e. The Morgan fingerprint density at radius 2 is 1.92 bits per heavy atom. The predicted molar refractivity (Wildman–Crippen MR) is 49.4 cm³/mol. The molecule has 0 saturated carbocycles. The van der Waals surface area contributed by atoms with Gasteiger partial charge in [0.2, 0.25) is 5.78 Å². The molecule has 13 heavy (non-hydrogen) atoms. The summed E-state index contributed by atoms with van der Waals surface area (Å²) in [5.41, 5.74) is 5.52. The lowest BCUT2D eigenvalue weighted by Crippen LogP contribution is -2.14. The van der Waals surface area contributed by atoms with Gasteiger partial charge in [0.05, 0.1) is 0 Å². The van der Waals surface area contributed by atoms with Crippen molar-refractivity contribution in [2.75, 3.05) is 0 Å². The number of carboxylic acids is 1. The molecule has 0 aliphatic carbocycles. The minimum absolute atomic E-state index is 0.147. The molecule has 0 heterocycles. The molecule has 0 fully saturated rings. The van der Waals surface area contributed by atoms with Crippen LogP contribution in [0, 0.1) is 0 Å². The highest BCUT2D eigenvalue weighted by Gasteiger charge is 2.09. The molecule has 0 radical (unpaired) electrons. The number of carboxylic acid groups (broad SMARTS) is 1. The Kier molecular flexibility index (Phi) is 6.14. The molecule has 4 heteroatoms. The Morgan fingerprint density at radius 1 is 1.31 bits per heavy atom. The first-order chi connectivity index (χ1) is 6.04. The summed E-state index contributed by atoms with van der Waals surface area (Å²) in [4.78, 5) is 20.7. The molecule has 4 nitrogen and oxygen atoms in total. The molecule has 0 amide bonds. The van der Waals surface area contributed by atoms with Gasteiger partial charge in [-0.05, 0) is 19.8 Å². The minimum Gasteiger partial charge on any atom is -0.476 e. The third-order valence-corrected chi connectivity index (χ3v) is 1.80. The van der Waals surface area contributed by atoms with Gasteiger partial charge in [0.25, 0.3) is 0 Å². The van der Waals surface area contributed by atoms with Crippen LogP contribution < -0.4 is 5.73 Å². The van der Waals surface area contributed by atoms with Crippen molar-refractivity contribution in [2.45, 2.75) is 45.1 Å². The van der Waals surface area contributed by atoms with Gasteiger partial charge < -0.3 is 10.8 Å². The summed E-state index contributed by atoms with van der Waals surface area (Å²) < 4.78 is 0. The molecule has 0 aromatic heterocycles. The Labute approximate surface area is 78.1 Å². The number of rotatable bonds is 7. The van der Waals surface area contributed by atoms with E-state index in [0.717, 1.165) is 19.3 Å². The highest BCUT2D eigenvalue weighted by atomic mass is 16.4. The van der Waals surface area contributed by atoms with Gasteiger partial charge in [0, 0.05) is 12.5 Å². The van der Waals surface area contributed by atoms with Crippen LogP contribution in [-0.2, 0) is 9.59 Å². The monoisotopic (exact) mass is 187 g/mol. The fraction of sp³-hybridized carbons (Fsp3) is 0.778. The Balaban J connectivity index is 3.26. The van der Waals surface area contributed by atoms with Crippen molar-refractivity contribution in [1.82, 2.24) is 0 Å². The fourth-order valence-electron chi connectivity index (χ4n) is 1.04. The maximum atomic E-state index is 10.6. The van der Waals surface area contributed by atoms with E-state index in [9.17, 15) is 9.59 Å². The number of hydrogen-bond donors (Lipinski definition) is 2. The van der Waals surface area contributed by atoms with Crippen molar-refractivity contribution in [1.29, 1.82) is 0 Å². The summed E-state index contributed by atoms with van der Waals surface area (Å²) in [5.74, 6) is -2.02. The molecular formula is C9H17NO3. The van der Waals surface area contributed by atoms with Crippen molar-refractivity contribution >= 4 is 11.8 Å².